The molecule has 20 rings (SSSR count). The maximum Gasteiger partial charge on any atom is 0.164 e. The van der Waals surface area contributed by atoms with Gasteiger partial charge in [0.1, 0.15) is 0 Å². The highest BCUT2D eigenvalue weighted by atomic mass is 15.0. The Morgan fingerprint density at radius 3 is 0.852 bits per heavy atom. The van der Waals surface area contributed by atoms with Crippen LogP contribution in [0.3, 0.4) is 0 Å². The summed E-state index contributed by atoms with van der Waals surface area (Å²) >= 11 is 0. The zero-order chi connectivity index (χ0) is 72.1. The maximum absolute atomic E-state index is 5.12. The van der Waals surface area contributed by atoms with E-state index in [1.807, 2.05) is 72.8 Å². The zero-order valence-corrected chi connectivity index (χ0v) is 59.6. The van der Waals surface area contributed by atoms with Gasteiger partial charge in [0.25, 0.3) is 0 Å². The number of aromatic nitrogens is 6. The van der Waals surface area contributed by atoms with Crippen molar-refractivity contribution < 1.29 is 0 Å². The Bertz CT molecular complexity index is 6210. The van der Waals surface area contributed by atoms with Crippen molar-refractivity contribution in [2.75, 3.05) is 0 Å². The van der Waals surface area contributed by atoms with Gasteiger partial charge >= 0.3 is 0 Å². The van der Waals surface area contributed by atoms with E-state index >= 15 is 0 Å². The van der Waals surface area contributed by atoms with Crippen LogP contribution in [0, 0.1) is 0 Å². The molecule has 0 aliphatic heterocycles. The first-order valence-electron chi connectivity index (χ1n) is 36.9. The van der Waals surface area contributed by atoms with Gasteiger partial charge in [0.05, 0.1) is 5.41 Å². The summed E-state index contributed by atoms with van der Waals surface area (Å²) in [6.07, 6.45) is 0. The van der Waals surface area contributed by atoms with Crippen molar-refractivity contribution in [3.63, 3.8) is 0 Å². The van der Waals surface area contributed by atoms with E-state index in [4.69, 9.17) is 29.9 Å². The quantitative estimate of drug-likeness (QED) is 0.121. The highest BCUT2D eigenvalue weighted by molar-refractivity contribution is 6.00. The molecule has 0 amide bonds. The molecule has 6 heteroatoms. The van der Waals surface area contributed by atoms with E-state index in [1.54, 1.807) is 0 Å². The number of hydrogen-bond acceptors (Lipinski definition) is 6. The average Bonchev–Trinajstić information content (AvgIpc) is 1.53. The normalized spacial score (nSPS) is 12.7. The van der Waals surface area contributed by atoms with Crippen molar-refractivity contribution in [3.05, 3.63) is 422 Å². The Kier molecular flexibility index (Phi) is 16.4. The van der Waals surface area contributed by atoms with Crippen LogP contribution < -0.4 is 0 Å². The summed E-state index contributed by atoms with van der Waals surface area (Å²) in [6, 6.07) is 138. The molecule has 6 nitrogen and oxygen atoms in total. The minimum atomic E-state index is -0.444. The second-order valence-corrected chi connectivity index (χ2v) is 28.4. The molecule has 0 fully saturated rings. The fraction of sp³-hybridized carbons (Fsp3) is 0.0392. The predicted molar refractivity (Wildman–Crippen MR) is 444 cm³/mol. The van der Waals surface area contributed by atoms with E-state index in [-0.39, 0.29) is 5.41 Å². The topological polar surface area (TPSA) is 77.3 Å². The van der Waals surface area contributed by atoms with Crippen LogP contribution in [-0.4, -0.2) is 29.9 Å². The predicted octanol–water partition coefficient (Wildman–Crippen LogP) is 25.4. The lowest BCUT2D eigenvalue weighted by molar-refractivity contribution is 0.660. The van der Waals surface area contributed by atoms with Crippen LogP contribution in [0.4, 0.5) is 0 Å². The highest BCUT2D eigenvalue weighted by Crippen LogP contribution is 2.59. The number of hydrogen-bond donors (Lipinski definition) is 0. The summed E-state index contributed by atoms with van der Waals surface area (Å²) in [5.74, 6) is 3.88. The summed E-state index contributed by atoms with van der Waals surface area (Å²) < 4.78 is 0. The van der Waals surface area contributed by atoms with E-state index in [0.29, 0.717) is 34.9 Å². The fourth-order valence-corrected chi connectivity index (χ4v) is 16.4. The highest BCUT2D eigenvalue weighted by Gasteiger charge is 2.47. The Hall–Kier alpha value is -13.9. The number of fused-ring (bicyclic) bond motifs is 8. The molecule has 2 aliphatic carbocycles. The summed E-state index contributed by atoms with van der Waals surface area (Å²) in [4.78, 5) is 30.2. The summed E-state index contributed by atoms with van der Waals surface area (Å²) in [7, 11) is 0. The van der Waals surface area contributed by atoms with Gasteiger partial charge in [-0.2, -0.15) is 0 Å². The molecule has 0 radical (unpaired) electrons. The van der Waals surface area contributed by atoms with Crippen molar-refractivity contribution in [1.29, 1.82) is 0 Å². The molecule has 0 unspecified atom stereocenters. The molecule has 0 spiro atoms. The molecule has 0 saturated carbocycles. The minimum absolute atomic E-state index is 0.0518. The molecule has 2 aliphatic rings. The van der Waals surface area contributed by atoms with Crippen molar-refractivity contribution in [1.82, 2.24) is 29.9 Å². The lowest BCUT2D eigenvalue weighted by Crippen LogP contribution is -2.28. The molecule has 2 aromatic heterocycles. The van der Waals surface area contributed by atoms with Gasteiger partial charge in [-0.1, -0.05) is 378 Å². The van der Waals surface area contributed by atoms with Gasteiger partial charge in [0.15, 0.2) is 34.9 Å². The molecule has 16 aromatic carbocycles. The lowest BCUT2D eigenvalue weighted by atomic mass is 9.67. The first-order valence-corrected chi connectivity index (χ1v) is 36.9. The van der Waals surface area contributed by atoms with Crippen molar-refractivity contribution >= 4 is 21.5 Å². The third-order valence-corrected chi connectivity index (χ3v) is 21.7. The fourth-order valence-electron chi connectivity index (χ4n) is 16.4. The largest absolute Gasteiger partial charge is 0.208 e. The minimum Gasteiger partial charge on any atom is -0.208 e. The van der Waals surface area contributed by atoms with E-state index < -0.39 is 5.41 Å². The van der Waals surface area contributed by atoms with Gasteiger partial charge < -0.3 is 0 Å². The Balaban J connectivity index is 0.000000147. The molecule has 508 valence electrons. The number of rotatable bonds is 12. The average molecular weight is 1380 g/mol. The first kappa shape index (κ1) is 64.9. The molecule has 2 heterocycles. The zero-order valence-electron chi connectivity index (χ0n) is 59.6. The third-order valence-electron chi connectivity index (χ3n) is 21.7. The van der Waals surface area contributed by atoms with Gasteiger partial charge in [-0.25, -0.2) is 29.9 Å². The summed E-state index contributed by atoms with van der Waals surface area (Å²) in [5.41, 5.74) is 27.8. The lowest BCUT2D eigenvalue weighted by Gasteiger charge is -2.34. The third kappa shape index (κ3) is 11.6. The van der Waals surface area contributed by atoms with E-state index in [1.165, 1.54) is 94.4 Å². The van der Waals surface area contributed by atoms with Gasteiger partial charge in [-0.15, -0.1) is 0 Å². The molecule has 0 N–H and O–H groups in total. The molecular weight excluding hydrogens is 1310 g/mol. The van der Waals surface area contributed by atoms with Crippen LogP contribution in [-0.2, 0) is 10.8 Å². The standard InChI is InChI=1S/C52H37N3.C50H33N3/c1-52(2)46-18-10-9-16-45(46)48-44(17-11-19-47(48)52)41-30-24-38-25-31-42(33-43(38)32-41)51-54-49(39-26-20-36(21-27-39)34-12-5-3-6-13-34)53-50(55-51)40-28-22-37(23-29-40)35-14-7-4-8-15-35;1-5-16-35(17-6-1)47-51-48(36-18-7-2-8-19-36)53-49(52-47)38-31-29-34-28-30-37(32-39(34)33-38)42-25-15-27-45-46(42)43-24-13-14-26-44(43)50(45,40-20-9-3-10-21-40)41-22-11-4-12-23-41/h3-33H,1-2H3;1-33H. The van der Waals surface area contributed by atoms with Crippen molar-refractivity contribution in [3.8, 4) is 135 Å². The molecule has 108 heavy (non-hydrogen) atoms. The molecule has 18 aromatic rings. The maximum atomic E-state index is 5.12. The van der Waals surface area contributed by atoms with Crippen LogP contribution >= 0.6 is 0 Å². The molecule has 0 saturated heterocycles. The molecule has 0 atom stereocenters. The van der Waals surface area contributed by atoms with E-state index in [0.717, 1.165) is 60.7 Å². The van der Waals surface area contributed by atoms with E-state index in [9.17, 15) is 0 Å². The van der Waals surface area contributed by atoms with Crippen molar-refractivity contribution in [2.24, 2.45) is 0 Å². The van der Waals surface area contributed by atoms with Crippen LogP contribution in [0.25, 0.3) is 157 Å². The van der Waals surface area contributed by atoms with Crippen molar-refractivity contribution in [2.45, 2.75) is 24.7 Å². The Labute approximate surface area is 628 Å². The van der Waals surface area contributed by atoms with Crippen LogP contribution in [0.5, 0.6) is 0 Å². The van der Waals surface area contributed by atoms with Crippen LogP contribution in [0.15, 0.2) is 388 Å². The van der Waals surface area contributed by atoms with Gasteiger partial charge in [0.2, 0.25) is 0 Å². The van der Waals surface area contributed by atoms with Crippen LogP contribution in [0.1, 0.15) is 47.2 Å². The number of benzene rings is 16. The Morgan fingerprint density at radius 2 is 0.435 bits per heavy atom. The first-order chi connectivity index (χ1) is 53.3. The smallest absolute Gasteiger partial charge is 0.164 e. The van der Waals surface area contributed by atoms with Gasteiger partial charge in [-0.3, -0.25) is 0 Å². The monoisotopic (exact) mass is 1380 g/mol. The summed E-state index contributed by atoms with van der Waals surface area (Å²) in [5, 5.41) is 4.60. The molecular formula is C102H70N6. The summed E-state index contributed by atoms with van der Waals surface area (Å²) in [6.45, 7) is 4.67. The van der Waals surface area contributed by atoms with Gasteiger partial charge in [0, 0.05) is 38.8 Å². The molecule has 0 bridgehead atoms. The van der Waals surface area contributed by atoms with Crippen LogP contribution in [0.2, 0.25) is 0 Å². The Morgan fingerprint density at radius 1 is 0.176 bits per heavy atom. The SMILES string of the molecule is CC1(C)c2ccccc2-c2c(-c3ccc4ccc(-c5nc(-c6ccc(-c7ccccc7)cc6)nc(-c6ccc(-c7ccccc7)cc6)n5)cc4c3)cccc21.c1ccc(-c2nc(-c3ccccc3)nc(-c3ccc4ccc(-c5cccc6c5-c5ccccc5C6(c5ccccc5)c5ccccc5)cc4c3)n2)cc1. The van der Waals surface area contributed by atoms with E-state index in [2.05, 4.69) is 329 Å². The number of nitrogens with zero attached hydrogens (tertiary/aromatic N) is 6. The van der Waals surface area contributed by atoms with Gasteiger partial charge in [-0.05, 0) is 146 Å². The second kappa shape index (κ2) is 27.3. The second-order valence-electron chi connectivity index (χ2n) is 28.4.